The highest BCUT2D eigenvalue weighted by Gasteiger charge is 2.05. The Hall–Kier alpha value is -1.54. The predicted octanol–water partition coefficient (Wildman–Crippen LogP) is 3.31. The van der Waals surface area contributed by atoms with Crippen LogP contribution in [0.3, 0.4) is 0 Å². The first-order valence-electron chi connectivity index (χ1n) is 4.47. The molecule has 0 aliphatic carbocycles. The van der Waals surface area contributed by atoms with Crippen molar-refractivity contribution >= 4 is 28.7 Å². The van der Waals surface area contributed by atoms with Crippen molar-refractivity contribution in [3.8, 4) is 5.75 Å². The Labute approximate surface area is 92.4 Å². The number of carbonyl (C=O) groups is 1. The Morgan fingerprint density at radius 1 is 1.27 bits per heavy atom. The van der Waals surface area contributed by atoms with Gasteiger partial charge in [0, 0.05) is 5.56 Å². The first-order chi connectivity index (χ1) is 7.26. The Morgan fingerprint density at radius 2 is 2.07 bits per heavy atom. The van der Waals surface area contributed by atoms with Crippen LogP contribution < -0.4 is 4.74 Å². The SMILES string of the molecule is COc1ccc2c(C=O)c(Cl)ccc2c1. The molecule has 2 rings (SSSR count). The van der Waals surface area contributed by atoms with Crippen LogP contribution in [0.5, 0.6) is 5.75 Å². The minimum atomic E-state index is 0.475. The molecule has 0 unspecified atom stereocenters. The molecule has 0 N–H and O–H groups in total. The lowest BCUT2D eigenvalue weighted by Gasteiger charge is -2.05. The van der Waals surface area contributed by atoms with Crippen molar-refractivity contribution in [2.75, 3.05) is 7.11 Å². The van der Waals surface area contributed by atoms with Crippen molar-refractivity contribution < 1.29 is 9.53 Å². The average Bonchev–Trinajstić information content (AvgIpc) is 2.28. The van der Waals surface area contributed by atoms with Crippen LogP contribution in [0.4, 0.5) is 0 Å². The van der Waals surface area contributed by atoms with Gasteiger partial charge in [0.2, 0.25) is 0 Å². The summed E-state index contributed by atoms with van der Waals surface area (Å²) in [5, 5.41) is 2.27. The summed E-state index contributed by atoms with van der Waals surface area (Å²) in [6, 6.07) is 9.11. The van der Waals surface area contributed by atoms with Crippen LogP contribution in [-0.2, 0) is 0 Å². The molecule has 0 aliphatic rings. The molecule has 2 aromatic carbocycles. The summed E-state index contributed by atoms with van der Waals surface area (Å²) in [6.07, 6.45) is 0.775. The predicted molar refractivity (Wildman–Crippen MR) is 60.9 cm³/mol. The fourth-order valence-electron chi connectivity index (χ4n) is 1.55. The van der Waals surface area contributed by atoms with Gasteiger partial charge >= 0.3 is 0 Å². The summed E-state index contributed by atoms with van der Waals surface area (Å²) in [5.74, 6) is 0.765. The highest BCUT2D eigenvalue weighted by atomic mass is 35.5. The zero-order valence-electron chi connectivity index (χ0n) is 8.16. The molecule has 15 heavy (non-hydrogen) atoms. The van der Waals surface area contributed by atoms with E-state index in [1.165, 1.54) is 0 Å². The lowest BCUT2D eigenvalue weighted by Crippen LogP contribution is -1.87. The molecule has 0 atom stereocenters. The molecule has 0 amide bonds. The molecule has 0 fully saturated rings. The van der Waals surface area contributed by atoms with Crippen LogP contribution in [0, 0.1) is 0 Å². The number of ether oxygens (including phenoxy) is 1. The molecular weight excluding hydrogens is 212 g/mol. The number of benzene rings is 2. The first-order valence-corrected chi connectivity index (χ1v) is 4.85. The fourth-order valence-corrected chi connectivity index (χ4v) is 1.76. The Balaban J connectivity index is 2.78. The van der Waals surface area contributed by atoms with Crippen LogP contribution >= 0.6 is 11.6 Å². The van der Waals surface area contributed by atoms with Gasteiger partial charge in [-0.1, -0.05) is 17.7 Å². The van der Waals surface area contributed by atoms with E-state index in [0.717, 1.165) is 22.8 Å². The molecule has 0 spiro atoms. The van der Waals surface area contributed by atoms with Gasteiger partial charge in [0.1, 0.15) is 5.75 Å². The monoisotopic (exact) mass is 220 g/mol. The second kappa shape index (κ2) is 3.91. The molecule has 0 aliphatic heterocycles. The highest BCUT2D eigenvalue weighted by Crippen LogP contribution is 2.27. The first kappa shape index (κ1) is 9.99. The Kier molecular flexibility index (Phi) is 2.60. The number of fused-ring (bicyclic) bond motifs is 1. The Bertz CT molecular complexity index is 520. The molecule has 2 nitrogen and oxygen atoms in total. The molecule has 76 valence electrons. The second-order valence-electron chi connectivity index (χ2n) is 3.17. The molecular formula is C12H9ClO2. The van der Waals surface area contributed by atoms with E-state index in [1.54, 1.807) is 13.2 Å². The number of rotatable bonds is 2. The zero-order valence-corrected chi connectivity index (χ0v) is 8.91. The quantitative estimate of drug-likeness (QED) is 0.726. The minimum Gasteiger partial charge on any atom is -0.497 e. The number of hydrogen-bond acceptors (Lipinski definition) is 2. The Morgan fingerprint density at radius 3 is 2.73 bits per heavy atom. The molecule has 0 radical (unpaired) electrons. The van der Waals surface area contributed by atoms with Gasteiger partial charge in [0.15, 0.2) is 6.29 Å². The number of carbonyl (C=O) groups excluding carboxylic acids is 1. The summed E-state index contributed by atoms with van der Waals surface area (Å²) < 4.78 is 5.10. The highest BCUT2D eigenvalue weighted by molar-refractivity contribution is 6.34. The third-order valence-corrected chi connectivity index (χ3v) is 2.66. The normalized spacial score (nSPS) is 10.3. The average molecular weight is 221 g/mol. The van der Waals surface area contributed by atoms with E-state index in [1.807, 2.05) is 24.3 Å². The van der Waals surface area contributed by atoms with Gasteiger partial charge in [-0.15, -0.1) is 0 Å². The summed E-state index contributed by atoms with van der Waals surface area (Å²) in [5.41, 5.74) is 0.525. The number of methoxy groups -OCH3 is 1. The summed E-state index contributed by atoms with van der Waals surface area (Å²) in [6.45, 7) is 0. The second-order valence-corrected chi connectivity index (χ2v) is 3.57. The van der Waals surface area contributed by atoms with E-state index in [-0.39, 0.29) is 0 Å². The maximum absolute atomic E-state index is 10.9. The van der Waals surface area contributed by atoms with E-state index in [2.05, 4.69) is 0 Å². The van der Waals surface area contributed by atoms with Gasteiger partial charge in [-0.3, -0.25) is 4.79 Å². The smallest absolute Gasteiger partial charge is 0.152 e. The minimum absolute atomic E-state index is 0.475. The molecule has 0 heterocycles. The third kappa shape index (κ3) is 1.68. The van der Waals surface area contributed by atoms with E-state index in [4.69, 9.17) is 16.3 Å². The van der Waals surface area contributed by atoms with Crippen LogP contribution in [0.2, 0.25) is 5.02 Å². The van der Waals surface area contributed by atoms with Gasteiger partial charge in [-0.2, -0.15) is 0 Å². The number of halogens is 1. The molecule has 0 aromatic heterocycles. The molecule has 0 saturated heterocycles. The van der Waals surface area contributed by atoms with Crippen LogP contribution in [0.25, 0.3) is 10.8 Å². The molecule has 2 aromatic rings. The van der Waals surface area contributed by atoms with Crippen molar-refractivity contribution in [3.05, 3.63) is 40.9 Å². The largest absolute Gasteiger partial charge is 0.497 e. The summed E-state index contributed by atoms with van der Waals surface area (Å²) in [4.78, 5) is 10.9. The van der Waals surface area contributed by atoms with Crippen molar-refractivity contribution in [1.82, 2.24) is 0 Å². The van der Waals surface area contributed by atoms with Gasteiger partial charge in [-0.05, 0) is 35.0 Å². The fraction of sp³-hybridized carbons (Fsp3) is 0.0833. The molecule has 0 saturated carbocycles. The van der Waals surface area contributed by atoms with Crippen molar-refractivity contribution in [3.63, 3.8) is 0 Å². The summed E-state index contributed by atoms with van der Waals surface area (Å²) in [7, 11) is 1.61. The van der Waals surface area contributed by atoms with Crippen molar-refractivity contribution in [2.24, 2.45) is 0 Å². The van der Waals surface area contributed by atoms with E-state index in [0.29, 0.717) is 10.6 Å². The van der Waals surface area contributed by atoms with Crippen molar-refractivity contribution in [2.45, 2.75) is 0 Å². The van der Waals surface area contributed by atoms with Crippen LogP contribution in [0.15, 0.2) is 30.3 Å². The topological polar surface area (TPSA) is 26.3 Å². The lowest BCUT2D eigenvalue weighted by atomic mass is 10.1. The van der Waals surface area contributed by atoms with E-state index < -0.39 is 0 Å². The van der Waals surface area contributed by atoms with Crippen molar-refractivity contribution in [1.29, 1.82) is 0 Å². The van der Waals surface area contributed by atoms with Gasteiger partial charge in [0.05, 0.1) is 12.1 Å². The number of aldehydes is 1. The van der Waals surface area contributed by atoms with Gasteiger partial charge < -0.3 is 4.74 Å². The van der Waals surface area contributed by atoms with Gasteiger partial charge in [-0.25, -0.2) is 0 Å². The molecule has 3 heteroatoms. The van der Waals surface area contributed by atoms with Gasteiger partial charge in [0.25, 0.3) is 0 Å². The number of hydrogen-bond donors (Lipinski definition) is 0. The van der Waals surface area contributed by atoms with E-state index in [9.17, 15) is 4.79 Å². The third-order valence-electron chi connectivity index (χ3n) is 2.33. The van der Waals surface area contributed by atoms with E-state index >= 15 is 0 Å². The maximum atomic E-state index is 10.9. The van der Waals surface area contributed by atoms with Crippen LogP contribution in [0.1, 0.15) is 10.4 Å². The maximum Gasteiger partial charge on any atom is 0.152 e. The summed E-state index contributed by atoms with van der Waals surface area (Å²) >= 11 is 5.91. The molecule has 0 bridgehead atoms. The lowest BCUT2D eigenvalue weighted by molar-refractivity contribution is 0.112. The van der Waals surface area contributed by atoms with Crippen LogP contribution in [-0.4, -0.2) is 13.4 Å². The standard InChI is InChI=1S/C12H9ClO2/c1-15-9-3-4-10-8(6-9)2-5-12(13)11(10)7-14/h2-7H,1H3. The zero-order chi connectivity index (χ0) is 10.8.